The van der Waals surface area contributed by atoms with Crippen LogP contribution in [0.5, 0.6) is 0 Å². The van der Waals surface area contributed by atoms with E-state index in [1.165, 1.54) is 39.2 Å². The SMILES string of the molecule is C=C(C)[C@H]1C=C[C@@H](OC(C)=O)[C@@]23[C@@H](OC(C)=O)O[C@@](C)(C(OC(=O)c4cccnc4)[C@@]4(OC(C)=O)C[C@H](C)[C@H](OC(C)=O)[C@@H]4[C@H]2OC(C)=O)[C@H]13. The first-order chi connectivity index (χ1) is 23.4. The summed E-state index contributed by atoms with van der Waals surface area (Å²) in [6.07, 6.45) is -1.03. The Balaban J connectivity index is 1.96. The number of aromatic nitrogens is 1. The highest BCUT2D eigenvalue weighted by atomic mass is 16.7. The molecule has 0 aromatic carbocycles. The minimum atomic E-state index is -1.90. The van der Waals surface area contributed by atoms with Crippen LogP contribution in [0.25, 0.3) is 0 Å². The highest BCUT2D eigenvalue weighted by molar-refractivity contribution is 5.89. The molecule has 4 aliphatic rings. The average molecular weight is 698 g/mol. The van der Waals surface area contributed by atoms with E-state index in [2.05, 4.69) is 11.6 Å². The number of esters is 6. The van der Waals surface area contributed by atoms with Crippen molar-refractivity contribution in [3.05, 3.63) is 54.4 Å². The minimum absolute atomic E-state index is 0.0542. The predicted octanol–water partition coefficient (Wildman–Crippen LogP) is 3.42. The molecule has 0 spiro atoms. The third-order valence-electron chi connectivity index (χ3n) is 10.4. The lowest BCUT2D eigenvalue weighted by Gasteiger charge is -2.52. The molecule has 50 heavy (non-hydrogen) atoms. The number of allylic oxidation sites excluding steroid dienone is 2. The third-order valence-corrected chi connectivity index (χ3v) is 10.4. The lowest BCUT2D eigenvalue weighted by Crippen LogP contribution is -2.66. The van der Waals surface area contributed by atoms with Gasteiger partial charge in [-0.05, 0) is 44.4 Å². The second kappa shape index (κ2) is 13.3. The Bertz CT molecular complexity index is 1620. The van der Waals surface area contributed by atoms with Crippen molar-refractivity contribution in [3.63, 3.8) is 0 Å². The molecule has 0 radical (unpaired) electrons. The summed E-state index contributed by atoms with van der Waals surface area (Å²) in [6, 6.07) is 3.03. The number of nitrogens with zero attached hydrogens (tertiary/aromatic N) is 1. The Kier molecular flexibility index (Phi) is 9.74. The standard InChI is InChI=1S/C36H43NO13/c1-17(2)25-12-13-26(44-19(4)38)36-29(25)34(9,50-33(36)47-22(7)41)32(48-31(43)24-11-10-14-37-16-24)35(49-23(8)42)15-18(3)28(45-20(5)39)27(35)30(36)46-21(6)40/h10-14,16,18,25-30,32-33H,1,15H2,2-9H3/t18-,25+,26+,27+,28-,29-,30+,32?,33-,34+,35+,36-/m0/s1. The van der Waals surface area contributed by atoms with Crippen LogP contribution in [0.1, 0.15) is 72.2 Å². The number of fused-ring (bicyclic) bond motifs is 1. The Labute approximate surface area is 289 Å². The summed E-state index contributed by atoms with van der Waals surface area (Å²) in [7, 11) is 0. The zero-order valence-electron chi connectivity index (χ0n) is 29.3. The van der Waals surface area contributed by atoms with Gasteiger partial charge in [0.25, 0.3) is 0 Å². The number of hydrogen-bond donors (Lipinski definition) is 0. The molecule has 14 heteroatoms. The molecule has 0 N–H and O–H groups in total. The number of ether oxygens (including phenoxy) is 7. The molecular weight excluding hydrogens is 654 g/mol. The van der Waals surface area contributed by atoms with Crippen molar-refractivity contribution in [2.45, 2.75) is 104 Å². The lowest BCUT2D eigenvalue weighted by molar-refractivity contribution is -0.286. The smallest absolute Gasteiger partial charge is 0.340 e. The van der Waals surface area contributed by atoms with Crippen LogP contribution in [0, 0.1) is 29.1 Å². The summed E-state index contributed by atoms with van der Waals surface area (Å²) >= 11 is 0. The largest absolute Gasteiger partial charge is 0.462 e. The van der Waals surface area contributed by atoms with Gasteiger partial charge < -0.3 is 33.2 Å². The van der Waals surface area contributed by atoms with Crippen LogP contribution in [-0.2, 0) is 57.1 Å². The maximum absolute atomic E-state index is 14.1. The topological polar surface area (TPSA) is 180 Å². The normalized spacial score (nSPS) is 38.0. The molecule has 12 atom stereocenters. The van der Waals surface area contributed by atoms with Crippen LogP contribution in [-0.4, -0.2) is 82.7 Å². The fourth-order valence-corrected chi connectivity index (χ4v) is 9.21. The quantitative estimate of drug-likeness (QED) is 0.219. The Morgan fingerprint density at radius 1 is 0.860 bits per heavy atom. The number of carbonyl (C=O) groups is 6. The Hall–Kier alpha value is -4.59. The fourth-order valence-electron chi connectivity index (χ4n) is 9.21. The van der Waals surface area contributed by atoms with E-state index in [-0.39, 0.29) is 12.0 Å². The second-order valence-electron chi connectivity index (χ2n) is 13.9. The van der Waals surface area contributed by atoms with E-state index < -0.39 is 107 Å². The lowest BCUT2D eigenvalue weighted by atomic mass is 9.54. The van der Waals surface area contributed by atoms with Crippen LogP contribution in [0.15, 0.2) is 48.8 Å². The average Bonchev–Trinajstić information content (AvgIpc) is 3.40. The van der Waals surface area contributed by atoms with Gasteiger partial charge in [-0.15, -0.1) is 0 Å². The van der Waals surface area contributed by atoms with Crippen molar-refractivity contribution >= 4 is 35.8 Å². The molecule has 1 aliphatic heterocycles. The molecule has 2 heterocycles. The van der Waals surface area contributed by atoms with Crippen LogP contribution in [0.2, 0.25) is 0 Å². The van der Waals surface area contributed by atoms with E-state index in [4.69, 9.17) is 33.2 Å². The summed E-state index contributed by atoms with van der Waals surface area (Å²) in [6.45, 7) is 15.3. The molecule has 3 aliphatic carbocycles. The van der Waals surface area contributed by atoms with Crippen LogP contribution < -0.4 is 0 Å². The van der Waals surface area contributed by atoms with Gasteiger partial charge in [0.05, 0.1) is 11.5 Å². The Morgan fingerprint density at radius 2 is 1.50 bits per heavy atom. The van der Waals surface area contributed by atoms with E-state index in [9.17, 15) is 28.8 Å². The van der Waals surface area contributed by atoms with Gasteiger partial charge >= 0.3 is 35.8 Å². The van der Waals surface area contributed by atoms with Crippen molar-refractivity contribution in [2.24, 2.45) is 29.1 Å². The molecular formula is C36H43NO13. The van der Waals surface area contributed by atoms with Crippen molar-refractivity contribution in [1.29, 1.82) is 0 Å². The molecule has 0 amide bonds. The van der Waals surface area contributed by atoms with Crippen molar-refractivity contribution in [2.75, 3.05) is 0 Å². The van der Waals surface area contributed by atoms with Gasteiger partial charge in [0.1, 0.15) is 29.3 Å². The zero-order chi connectivity index (χ0) is 36.9. The maximum Gasteiger partial charge on any atom is 0.340 e. The van der Waals surface area contributed by atoms with Crippen molar-refractivity contribution < 1.29 is 61.9 Å². The van der Waals surface area contributed by atoms with Crippen LogP contribution in [0.3, 0.4) is 0 Å². The van der Waals surface area contributed by atoms with Gasteiger partial charge in [0.15, 0.2) is 11.7 Å². The summed E-state index contributed by atoms with van der Waals surface area (Å²) in [4.78, 5) is 83.1. The molecule has 270 valence electrons. The third kappa shape index (κ3) is 5.86. The van der Waals surface area contributed by atoms with Gasteiger partial charge in [0, 0.05) is 58.8 Å². The van der Waals surface area contributed by atoms with Gasteiger partial charge in [0.2, 0.25) is 6.29 Å². The summed E-state index contributed by atoms with van der Waals surface area (Å²) < 4.78 is 43.7. The Morgan fingerprint density at radius 3 is 2.04 bits per heavy atom. The monoisotopic (exact) mass is 697 g/mol. The van der Waals surface area contributed by atoms with Crippen LogP contribution in [0.4, 0.5) is 0 Å². The molecule has 2 saturated carbocycles. The maximum atomic E-state index is 14.1. The van der Waals surface area contributed by atoms with Crippen molar-refractivity contribution in [3.8, 4) is 0 Å². The molecule has 3 fully saturated rings. The van der Waals surface area contributed by atoms with E-state index >= 15 is 0 Å². The van der Waals surface area contributed by atoms with E-state index in [0.717, 1.165) is 13.8 Å². The molecule has 1 aromatic heterocycles. The van der Waals surface area contributed by atoms with Gasteiger partial charge in [-0.2, -0.15) is 0 Å². The summed E-state index contributed by atoms with van der Waals surface area (Å²) in [5.41, 5.74) is -4.83. The number of carbonyl (C=O) groups excluding carboxylic acids is 6. The van der Waals surface area contributed by atoms with Gasteiger partial charge in [-0.1, -0.05) is 25.2 Å². The first-order valence-corrected chi connectivity index (χ1v) is 16.4. The molecule has 2 bridgehead atoms. The molecule has 5 rings (SSSR count). The van der Waals surface area contributed by atoms with Gasteiger partial charge in [-0.25, -0.2) is 4.79 Å². The summed E-state index contributed by atoms with van der Waals surface area (Å²) in [5.74, 6) is -8.17. The van der Waals surface area contributed by atoms with Gasteiger partial charge in [-0.3, -0.25) is 29.0 Å². The predicted molar refractivity (Wildman–Crippen MR) is 170 cm³/mol. The second-order valence-corrected chi connectivity index (χ2v) is 13.9. The molecule has 1 aromatic rings. The van der Waals surface area contributed by atoms with E-state index in [0.29, 0.717) is 5.57 Å². The number of pyridine rings is 1. The highest BCUT2D eigenvalue weighted by Gasteiger charge is 2.85. The van der Waals surface area contributed by atoms with E-state index in [1.807, 2.05) is 0 Å². The first kappa shape index (κ1) is 36.7. The fraction of sp³-hybridized carbons (Fsp3) is 0.583. The highest BCUT2D eigenvalue weighted by Crippen LogP contribution is 2.70. The molecule has 1 saturated heterocycles. The van der Waals surface area contributed by atoms with Crippen LogP contribution >= 0.6 is 0 Å². The molecule has 1 unspecified atom stereocenters. The zero-order valence-corrected chi connectivity index (χ0v) is 29.3. The minimum Gasteiger partial charge on any atom is -0.462 e. The summed E-state index contributed by atoms with van der Waals surface area (Å²) in [5, 5.41) is 0. The first-order valence-electron chi connectivity index (χ1n) is 16.4. The number of rotatable bonds is 8. The molecule has 14 nitrogen and oxygen atoms in total. The number of hydrogen-bond acceptors (Lipinski definition) is 14. The van der Waals surface area contributed by atoms with E-state index in [1.54, 1.807) is 39.0 Å². The van der Waals surface area contributed by atoms with Crippen molar-refractivity contribution in [1.82, 2.24) is 4.98 Å².